The molecule has 1 heterocycles. The summed E-state index contributed by atoms with van der Waals surface area (Å²) in [6.45, 7) is 1.73. The van der Waals surface area contributed by atoms with Crippen LogP contribution in [0.4, 0.5) is 0 Å². The maximum Gasteiger partial charge on any atom is 0.186 e. The summed E-state index contributed by atoms with van der Waals surface area (Å²) in [5.41, 5.74) is 2.72. The molecule has 1 unspecified atom stereocenters. The summed E-state index contributed by atoms with van der Waals surface area (Å²) in [6, 6.07) is 6.18. The first-order valence-corrected chi connectivity index (χ1v) is 7.20. The average Bonchev–Trinajstić information content (AvgIpc) is 2.43. The van der Waals surface area contributed by atoms with Gasteiger partial charge in [-0.3, -0.25) is 0 Å². The van der Waals surface area contributed by atoms with Crippen LogP contribution in [-0.4, -0.2) is 30.9 Å². The lowest BCUT2D eigenvalue weighted by atomic mass is 10.2. The Morgan fingerprint density at radius 1 is 1.10 bits per heavy atom. The summed E-state index contributed by atoms with van der Waals surface area (Å²) >= 11 is -2.08. The molecule has 0 amide bonds. The van der Waals surface area contributed by atoms with Gasteiger partial charge in [-0.1, -0.05) is 0 Å². The third-order valence-corrected chi connectivity index (χ3v) is 4.01. The van der Waals surface area contributed by atoms with E-state index < -0.39 is 11.1 Å². The monoisotopic (exact) mass is 304 g/mol. The highest BCUT2D eigenvalue weighted by Crippen LogP contribution is 2.30. The normalized spacial score (nSPS) is 12.7. The second-order valence-corrected chi connectivity index (χ2v) is 5.53. The molecule has 6 nitrogen and oxygen atoms in total. The molecule has 1 aromatic heterocycles. The highest BCUT2D eigenvalue weighted by molar-refractivity contribution is 7.79. The number of aromatic nitrogens is 2. The molecule has 0 spiro atoms. The molecule has 0 bridgehead atoms. The zero-order valence-electron chi connectivity index (χ0n) is 11.3. The maximum atomic E-state index is 11.3. The fourth-order valence-corrected chi connectivity index (χ4v) is 2.76. The van der Waals surface area contributed by atoms with Crippen molar-refractivity contribution in [2.24, 2.45) is 0 Å². The van der Waals surface area contributed by atoms with Crippen LogP contribution in [-0.2, 0) is 11.1 Å². The molecule has 0 aliphatic heterocycles. The molecule has 0 radical (unpaired) electrons. The van der Waals surface area contributed by atoms with Crippen LogP contribution in [0.5, 0.6) is 11.5 Å². The van der Waals surface area contributed by atoms with E-state index in [4.69, 9.17) is 4.74 Å². The third kappa shape index (κ3) is 2.30. The van der Waals surface area contributed by atoms with Crippen molar-refractivity contribution in [2.75, 3.05) is 7.11 Å². The van der Waals surface area contributed by atoms with E-state index in [-0.39, 0.29) is 5.75 Å². The predicted octanol–water partition coefficient (Wildman–Crippen LogP) is 2.39. The maximum absolute atomic E-state index is 11.3. The number of ether oxygens (including phenoxy) is 1. The number of fused-ring (bicyclic) bond motifs is 2. The lowest BCUT2D eigenvalue weighted by molar-refractivity contribution is 0.412. The van der Waals surface area contributed by atoms with Gasteiger partial charge in [0, 0.05) is 12.1 Å². The van der Waals surface area contributed by atoms with Crippen LogP contribution in [0.25, 0.3) is 22.1 Å². The van der Waals surface area contributed by atoms with Gasteiger partial charge in [0.1, 0.15) is 17.0 Å². The summed E-state index contributed by atoms with van der Waals surface area (Å²) in [4.78, 5) is 9.15. The van der Waals surface area contributed by atoms with E-state index in [1.54, 1.807) is 19.1 Å². The lowest BCUT2D eigenvalue weighted by Crippen LogP contribution is -1.96. The van der Waals surface area contributed by atoms with E-state index in [1.165, 1.54) is 19.2 Å². The lowest BCUT2D eigenvalue weighted by Gasteiger charge is -2.08. The molecule has 21 heavy (non-hydrogen) atoms. The van der Waals surface area contributed by atoms with Crippen molar-refractivity contribution in [1.82, 2.24) is 9.97 Å². The molecule has 2 N–H and O–H groups in total. The zero-order valence-corrected chi connectivity index (χ0v) is 12.1. The third-order valence-electron chi connectivity index (χ3n) is 3.19. The van der Waals surface area contributed by atoms with E-state index in [1.807, 2.05) is 0 Å². The number of phenolic OH excluding ortho intramolecular Hbond substituents is 1. The SMILES string of the molecule is COc1cc(O)cc2nc3cc(C)c(S(=O)O)cc3nc12. The van der Waals surface area contributed by atoms with Crippen LogP contribution >= 0.6 is 0 Å². The first kappa shape index (κ1) is 13.7. The smallest absolute Gasteiger partial charge is 0.186 e. The molecule has 0 aliphatic rings. The molecule has 108 valence electrons. The number of hydrogen-bond donors (Lipinski definition) is 2. The number of benzene rings is 2. The van der Waals surface area contributed by atoms with Crippen molar-refractivity contribution in [3.8, 4) is 11.5 Å². The van der Waals surface area contributed by atoms with Crippen LogP contribution in [0.15, 0.2) is 29.2 Å². The Hall–Kier alpha value is -2.25. The largest absolute Gasteiger partial charge is 0.508 e. The number of methoxy groups -OCH3 is 1. The van der Waals surface area contributed by atoms with Gasteiger partial charge >= 0.3 is 0 Å². The number of aromatic hydroxyl groups is 1. The van der Waals surface area contributed by atoms with E-state index in [0.717, 1.165) is 0 Å². The number of nitrogens with zero attached hydrogens (tertiary/aromatic N) is 2. The van der Waals surface area contributed by atoms with Crippen LogP contribution in [0, 0.1) is 6.92 Å². The quantitative estimate of drug-likeness (QED) is 0.558. The molecular weight excluding hydrogens is 292 g/mol. The van der Waals surface area contributed by atoms with Crippen molar-refractivity contribution < 1.29 is 18.6 Å². The number of phenols is 1. The molecular formula is C14H12N2O4S. The predicted molar refractivity (Wildman–Crippen MR) is 79.0 cm³/mol. The first-order valence-electron chi connectivity index (χ1n) is 6.09. The second-order valence-electron chi connectivity index (χ2n) is 4.59. The van der Waals surface area contributed by atoms with Gasteiger partial charge in [0.15, 0.2) is 11.1 Å². The van der Waals surface area contributed by atoms with Gasteiger partial charge in [-0.2, -0.15) is 0 Å². The van der Waals surface area contributed by atoms with Crippen molar-refractivity contribution >= 4 is 33.1 Å². The van der Waals surface area contributed by atoms with E-state index in [2.05, 4.69) is 9.97 Å². The Labute approximate surface area is 122 Å². The van der Waals surface area contributed by atoms with E-state index in [0.29, 0.717) is 38.3 Å². The van der Waals surface area contributed by atoms with Crippen molar-refractivity contribution in [2.45, 2.75) is 11.8 Å². The summed E-state index contributed by atoms with van der Waals surface area (Å²) in [5, 5.41) is 9.66. The Balaban J connectivity index is 2.41. The Morgan fingerprint density at radius 2 is 1.81 bits per heavy atom. The van der Waals surface area contributed by atoms with Gasteiger partial charge in [0.05, 0.1) is 28.6 Å². The van der Waals surface area contributed by atoms with Crippen LogP contribution in [0.1, 0.15) is 5.56 Å². The van der Waals surface area contributed by atoms with Crippen molar-refractivity contribution in [3.05, 3.63) is 29.8 Å². The number of rotatable bonds is 2. The molecule has 0 saturated heterocycles. The Kier molecular flexibility index (Phi) is 3.23. The van der Waals surface area contributed by atoms with Gasteiger partial charge < -0.3 is 14.4 Å². The molecule has 2 aromatic carbocycles. The fraction of sp³-hybridized carbons (Fsp3) is 0.143. The van der Waals surface area contributed by atoms with Gasteiger partial charge in [-0.25, -0.2) is 14.2 Å². The first-order chi connectivity index (χ1) is 9.99. The fourth-order valence-electron chi connectivity index (χ4n) is 2.21. The van der Waals surface area contributed by atoms with Crippen LogP contribution < -0.4 is 4.74 Å². The molecule has 1 atom stereocenters. The zero-order chi connectivity index (χ0) is 15.1. The highest BCUT2D eigenvalue weighted by atomic mass is 32.2. The molecule has 0 saturated carbocycles. The van der Waals surface area contributed by atoms with E-state index in [9.17, 15) is 13.9 Å². The van der Waals surface area contributed by atoms with Gasteiger partial charge in [-0.05, 0) is 24.6 Å². The van der Waals surface area contributed by atoms with E-state index >= 15 is 0 Å². The number of hydrogen-bond acceptors (Lipinski definition) is 5. The van der Waals surface area contributed by atoms with Crippen molar-refractivity contribution in [3.63, 3.8) is 0 Å². The Morgan fingerprint density at radius 3 is 2.48 bits per heavy atom. The standard InChI is InChI=1S/C14H12N2O4S/c1-7-3-9-10(6-13(7)21(18)19)16-14-11(15-9)4-8(17)5-12(14)20-2/h3-6,17H,1-2H3,(H,18,19). The minimum absolute atomic E-state index is 0.0396. The minimum atomic E-state index is -2.08. The highest BCUT2D eigenvalue weighted by Gasteiger charge is 2.12. The summed E-state index contributed by atoms with van der Waals surface area (Å²) in [5.74, 6) is 0.435. The van der Waals surface area contributed by atoms with Crippen molar-refractivity contribution in [1.29, 1.82) is 0 Å². The molecule has 0 fully saturated rings. The van der Waals surface area contributed by atoms with Crippen LogP contribution in [0.3, 0.4) is 0 Å². The molecule has 3 aromatic rings. The summed E-state index contributed by atoms with van der Waals surface area (Å²) < 4.78 is 25.8. The van der Waals surface area contributed by atoms with Gasteiger partial charge in [0.25, 0.3) is 0 Å². The minimum Gasteiger partial charge on any atom is -0.508 e. The molecule has 3 rings (SSSR count). The molecule has 7 heteroatoms. The van der Waals surface area contributed by atoms with Crippen LogP contribution in [0.2, 0.25) is 0 Å². The summed E-state index contributed by atoms with van der Waals surface area (Å²) in [7, 11) is 1.48. The number of aryl methyl sites for hydroxylation is 1. The average molecular weight is 304 g/mol. The molecule has 0 aliphatic carbocycles. The second kappa shape index (κ2) is 4.94. The Bertz CT molecular complexity index is 895. The van der Waals surface area contributed by atoms with Gasteiger partial charge in [0.2, 0.25) is 0 Å². The van der Waals surface area contributed by atoms with Gasteiger partial charge in [-0.15, -0.1) is 0 Å². The topological polar surface area (TPSA) is 92.5 Å². The summed E-state index contributed by atoms with van der Waals surface area (Å²) in [6.07, 6.45) is 0.